The maximum atomic E-state index is 11.8. The summed E-state index contributed by atoms with van der Waals surface area (Å²) >= 11 is 0. The van der Waals surface area contributed by atoms with E-state index in [4.69, 9.17) is 4.74 Å². The molecule has 0 aromatic heterocycles. The van der Waals surface area contributed by atoms with Gasteiger partial charge in [-0.1, -0.05) is 19.3 Å². The van der Waals surface area contributed by atoms with E-state index in [0.717, 1.165) is 25.7 Å². The lowest BCUT2D eigenvalue weighted by molar-refractivity contribution is -0.154. The third kappa shape index (κ3) is 8.18. The lowest BCUT2D eigenvalue weighted by Crippen LogP contribution is -2.48. The van der Waals surface area contributed by atoms with Crippen LogP contribution in [0.25, 0.3) is 0 Å². The van der Waals surface area contributed by atoms with Gasteiger partial charge < -0.3 is 15.4 Å². The predicted molar refractivity (Wildman–Crippen MR) is 82.4 cm³/mol. The molecule has 0 spiro atoms. The molecule has 8 heteroatoms. The maximum absolute atomic E-state index is 11.8. The van der Waals surface area contributed by atoms with Gasteiger partial charge in [-0.05, 0) is 19.8 Å². The first kappa shape index (κ1) is 18.9. The van der Waals surface area contributed by atoms with Crippen LogP contribution in [0.4, 0.5) is 4.79 Å². The summed E-state index contributed by atoms with van der Waals surface area (Å²) in [7, 11) is 0. The Morgan fingerprint density at radius 3 is 2.39 bits per heavy atom. The molecule has 0 aliphatic heterocycles. The van der Waals surface area contributed by atoms with Crippen molar-refractivity contribution >= 4 is 23.8 Å². The molecule has 0 saturated heterocycles. The number of urea groups is 1. The summed E-state index contributed by atoms with van der Waals surface area (Å²) in [6.45, 7) is 2.87. The van der Waals surface area contributed by atoms with Crippen molar-refractivity contribution in [2.24, 2.45) is 0 Å². The normalized spacial score (nSPS) is 16.1. The topological polar surface area (TPSA) is 114 Å². The van der Waals surface area contributed by atoms with Gasteiger partial charge in [-0.3, -0.25) is 19.7 Å². The van der Waals surface area contributed by atoms with E-state index in [1.54, 1.807) is 0 Å². The van der Waals surface area contributed by atoms with Crippen molar-refractivity contribution in [1.82, 2.24) is 16.0 Å². The minimum Gasteiger partial charge on any atom is -0.452 e. The first-order valence-corrected chi connectivity index (χ1v) is 7.93. The molecule has 4 amide bonds. The first-order valence-electron chi connectivity index (χ1n) is 7.93. The molecular formula is C15H25N3O5. The van der Waals surface area contributed by atoms with Crippen molar-refractivity contribution in [2.75, 3.05) is 6.54 Å². The zero-order chi connectivity index (χ0) is 17.2. The van der Waals surface area contributed by atoms with Crippen LogP contribution in [0.5, 0.6) is 0 Å². The van der Waals surface area contributed by atoms with Gasteiger partial charge in [-0.15, -0.1) is 0 Å². The second kappa shape index (κ2) is 9.81. The molecule has 0 radical (unpaired) electrons. The van der Waals surface area contributed by atoms with Crippen molar-refractivity contribution < 1.29 is 23.9 Å². The lowest BCUT2D eigenvalue weighted by Gasteiger charge is -2.23. The van der Waals surface area contributed by atoms with Gasteiger partial charge in [0.25, 0.3) is 5.91 Å². The fourth-order valence-electron chi connectivity index (χ4n) is 2.33. The van der Waals surface area contributed by atoms with Crippen LogP contribution >= 0.6 is 0 Å². The number of amides is 4. The summed E-state index contributed by atoms with van der Waals surface area (Å²) in [6, 6.07) is -0.477. The van der Waals surface area contributed by atoms with Crippen molar-refractivity contribution in [1.29, 1.82) is 0 Å². The molecule has 0 aromatic rings. The molecule has 0 bridgehead atoms. The molecule has 130 valence electrons. The summed E-state index contributed by atoms with van der Waals surface area (Å²) in [5.74, 6) is -1.54. The third-order valence-electron chi connectivity index (χ3n) is 3.56. The molecule has 1 saturated carbocycles. The predicted octanol–water partition coefficient (Wildman–Crippen LogP) is 0.603. The second-order valence-electron chi connectivity index (χ2n) is 5.66. The van der Waals surface area contributed by atoms with Crippen LogP contribution < -0.4 is 16.0 Å². The number of carbonyl (C=O) groups is 4. The van der Waals surface area contributed by atoms with Gasteiger partial charge in [0.15, 0.2) is 6.10 Å². The van der Waals surface area contributed by atoms with Crippen LogP contribution in [-0.2, 0) is 19.1 Å². The molecule has 1 fully saturated rings. The summed E-state index contributed by atoms with van der Waals surface area (Å²) in [5.41, 5.74) is 0. The Kier molecular flexibility index (Phi) is 8.07. The number of carbonyl (C=O) groups excluding carboxylic acids is 4. The van der Waals surface area contributed by atoms with Crippen LogP contribution in [0.3, 0.4) is 0 Å². The Hall–Kier alpha value is -2.12. The van der Waals surface area contributed by atoms with Crippen LogP contribution in [0, 0.1) is 0 Å². The first-order chi connectivity index (χ1) is 10.9. The number of esters is 1. The summed E-state index contributed by atoms with van der Waals surface area (Å²) in [5, 5.41) is 7.37. The van der Waals surface area contributed by atoms with E-state index in [1.165, 1.54) is 20.3 Å². The summed E-state index contributed by atoms with van der Waals surface area (Å²) in [4.78, 5) is 45.7. The molecule has 0 heterocycles. The minimum absolute atomic E-state index is 0.0362. The van der Waals surface area contributed by atoms with Crippen LogP contribution in [0.15, 0.2) is 0 Å². The highest BCUT2D eigenvalue weighted by Crippen LogP contribution is 2.17. The SMILES string of the molecule is CC(=O)NCCC(=O)O[C@@H](C)C(=O)NC(=O)NC1CCCCC1. The van der Waals surface area contributed by atoms with E-state index in [2.05, 4.69) is 16.0 Å². The monoisotopic (exact) mass is 327 g/mol. The second-order valence-corrected chi connectivity index (χ2v) is 5.66. The molecular weight excluding hydrogens is 302 g/mol. The van der Waals surface area contributed by atoms with E-state index >= 15 is 0 Å². The minimum atomic E-state index is -1.07. The van der Waals surface area contributed by atoms with Crippen LogP contribution in [-0.4, -0.2) is 42.5 Å². The smallest absolute Gasteiger partial charge is 0.321 e. The van der Waals surface area contributed by atoms with E-state index in [1.807, 2.05) is 0 Å². The van der Waals surface area contributed by atoms with Crippen molar-refractivity contribution in [3.05, 3.63) is 0 Å². The van der Waals surface area contributed by atoms with Crippen molar-refractivity contribution in [3.63, 3.8) is 0 Å². The molecule has 1 aliphatic rings. The van der Waals surface area contributed by atoms with Gasteiger partial charge in [-0.25, -0.2) is 4.79 Å². The third-order valence-corrected chi connectivity index (χ3v) is 3.56. The number of nitrogens with one attached hydrogen (secondary N) is 3. The molecule has 0 unspecified atom stereocenters. The summed E-state index contributed by atoms with van der Waals surface area (Å²) < 4.78 is 4.90. The highest BCUT2D eigenvalue weighted by atomic mass is 16.5. The van der Waals surface area contributed by atoms with Crippen molar-refractivity contribution in [2.45, 2.75) is 64.5 Å². The van der Waals surface area contributed by atoms with Crippen LogP contribution in [0.2, 0.25) is 0 Å². The average Bonchev–Trinajstić information content (AvgIpc) is 2.47. The standard InChI is InChI=1S/C15H25N3O5/c1-10(23-13(20)8-9-16-11(2)19)14(21)18-15(22)17-12-6-4-3-5-7-12/h10,12H,3-9H2,1-2H3,(H,16,19)(H2,17,18,21,22)/t10-/m0/s1. The highest BCUT2D eigenvalue weighted by Gasteiger charge is 2.22. The fourth-order valence-corrected chi connectivity index (χ4v) is 2.33. The van der Waals surface area contributed by atoms with Crippen molar-refractivity contribution in [3.8, 4) is 0 Å². The Balaban J connectivity index is 2.25. The molecule has 8 nitrogen and oxygen atoms in total. The van der Waals surface area contributed by atoms with Gasteiger partial charge in [0.05, 0.1) is 6.42 Å². The average molecular weight is 327 g/mol. The zero-order valence-corrected chi connectivity index (χ0v) is 13.6. The molecule has 1 rings (SSSR count). The number of hydrogen-bond acceptors (Lipinski definition) is 5. The highest BCUT2D eigenvalue weighted by molar-refractivity contribution is 5.97. The van der Waals surface area contributed by atoms with Gasteiger partial charge in [0.1, 0.15) is 0 Å². The number of imide groups is 1. The molecule has 1 aliphatic carbocycles. The zero-order valence-electron chi connectivity index (χ0n) is 13.6. The number of rotatable bonds is 6. The Bertz CT molecular complexity index is 446. The van der Waals surface area contributed by atoms with Gasteiger partial charge in [0, 0.05) is 19.5 Å². The fraction of sp³-hybridized carbons (Fsp3) is 0.733. The van der Waals surface area contributed by atoms with E-state index < -0.39 is 24.0 Å². The van der Waals surface area contributed by atoms with E-state index in [-0.39, 0.29) is 24.9 Å². The quantitative estimate of drug-likeness (QED) is 0.618. The molecule has 23 heavy (non-hydrogen) atoms. The van der Waals surface area contributed by atoms with E-state index in [0.29, 0.717) is 0 Å². The maximum Gasteiger partial charge on any atom is 0.321 e. The van der Waals surface area contributed by atoms with Crippen LogP contribution in [0.1, 0.15) is 52.4 Å². The van der Waals surface area contributed by atoms with Gasteiger partial charge >= 0.3 is 12.0 Å². The Labute approximate surface area is 135 Å². The number of ether oxygens (including phenoxy) is 1. The number of hydrogen-bond donors (Lipinski definition) is 3. The van der Waals surface area contributed by atoms with E-state index in [9.17, 15) is 19.2 Å². The lowest BCUT2D eigenvalue weighted by atomic mass is 9.96. The largest absolute Gasteiger partial charge is 0.452 e. The Morgan fingerprint density at radius 1 is 1.13 bits per heavy atom. The molecule has 3 N–H and O–H groups in total. The Morgan fingerprint density at radius 2 is 1.78 bits per heavy atom. The molecule has 0 aromatic carbocycles. The van der Waals surface area contributed by atoms with Gasteiger partial charge in [0.2, 0.25) is 5.91 Å². The van der Waals surface area contributed by atoms with Gasteiger partial charge in [-0.2, -0.15) is 0 Å². The summed E-state index contributed by atoms with van der Waals surface area (Å²) in [6.07, 6.45) is 4.03. The molecule has 1 atom stereocenters.